The largest absolute Gasteiger partial charge is 0.490 e. The molecule has 1 saturated heterocycles. The van der Waals surface area contributed by atoms with Crippen molar-refractivity contribution >= 4 is 44.8 Å². The quantitative estimate of drug-likeness (QED) is 0.375. The van der Waals surface area contributed by atoms with Gasteiger partial charge in [-0.25, -0.2) is 0 Å². The van der Waals surface area contributed by atoms with Crippen LogP contribution in [-0.4, -0.2) is 34.7 Å². The number of nitrogens with zero attached hydrogens (tertiary/aromatic N) is 2. The van der Waals surface area contributed by atoms with Crippen LogP contribution in [0.3, 0.4) is 0 Å². The second-order valence-electron chi connectivity index (χ2n) is 7.94. The molecule has 1 heterocycles. The molecule has 0 aliphatic carbocycles. The van der Waals surface area contributed by atoms with Crippen molar-refractivity contribution in [2.75, 3.05) is 6.61 Å². The van der Waals surface area contributed by atoms with E-state index in [1.54, 1.807) is 4.90 Å². The summed E-state index contributed by atoms with van der Waals surface area (Å²) in [5.74, 6) is 1.32. The van der Waals surface area contributed by atoms with Crippen molar-refractivity contribution in [1.82, 2.24) is 4.90 Å². The number of halogens is 1. The van der Waals surface area contributed by atoms with E-state index >= 15 is 0 Å². The highest BCUT2D eigenvalue weighted by Crippen LogP contribution is 2.36. The van der Waals surface area contributed by atoms with Crippen LogP contribution in [0.25, 0.3) is 6.08 Å². The number of benzene rings is 2. The number of aliphatic imine (C=N–C) groups is 1. The predicted molar refractivity (Wildman–Crippen MR) is 136 cm³/mol. The van der Waals surface area contributed by atoms with Crippen LogP contribution in [0.1, 0.15) is 45.7 Å². The third-order valence-corrected chi connectivity index (χ3v) is 6.12. The second-order valence-corrected chi connectivity index (χ2v) is 9.86. The van der Waals surface area contributed by atoms with E-state index < -0.39 is 0 Å². The van der Waals surface area contributed by atoms with Gasteiger partial charge in [0, 0.05) is 16.6 Å². The fourth-order valence-corrected chi connectivity index (χ4v) is 4.65. The smallest absolute Gasteiger partial charge is 0.266 e. The molecular formula is C25H29BrN2O3S. The first-order valence-corrected chi connectivity index (χ1v) is 12.3. The third-order valence-electron chi connectivity index (χ3n) is 4.59. The zero-order valence-corrected chi connectivity index (χ0v) is 21.5. The van der Waals surface area contributed by atoms with Crippen LogP contribution in [0.5, 0.6) is 11.5 Å². The molecule has 0 aromatic heterocycles. The van der Waals surface area contributed by atoms with E-state index in [-0.39, 0.29) is 18.0 Å². The maximum Gasteiger partial charge on any atom is 0.266 e. The lowest BCUT2D eigenvalue weighted by Gasteiger charge is -2.20. The number of hydrogen-bond acceptors (Lipinski definition) is 5. The van der Waals surface area contributed by atoms with Crippen molar-refractivity contribution in [3.05, 3.63) is 63.0 Å². The summed E-state index contributed by atoms with van der Waals surface area (Å²) in [6, 6.07) is 13.9. The van der Waals surface area contributed by atoms with Gasteiger partial charge in [0.1, 0.15) is 6.61 Å². The summed E-state index contributed by atoms with van der Waals surface area (Å²) >= 11 is 4.87. The fraction of sp³-hybridized carbons (Fsp3) is 0.360. The van der Waals surface area contributed by atoms with Gasteiger partial charge in [0.2, 0.25) is 0 Å². The van der Waals surface area contributed by atoms with E-state index in [0.29, 0.717) is 29.6 Å². The minimum atomic E-state index is -0.0158. The molecule has 2 aromatic rings. The molecule has 170 valence electrons. The van der Waals surface area contributed by atoms with Gasteiger partial charge in [0.05, 0.1) is 11.5 Å². The Morgan fingerprint density at radius 1 is 1.06 bits per heavy atom. The van der Waals surface area contributed by atoms with Crippen LogP contribution >= 0.6 is 27.7 Å². The SMILES string of the molecule is CCOc1cc(/C=C2/SC(=NC(C)C)N(C(C)C)C2=O)ccc1OCc1ccc(Br)cc1. The Bertz CT molecular complexity index is 1020. The minimum Gasteiger partial charge on any atom is -0.490 e. The minimum absolute atomic E-state index is 0.0158. The molecule has 0 N–H and O–H groups in total. The van der Waals surface area contributed by atoms with Crippen LogP contribution in [0.15, 0.2) is 56.8 Å². The highest BCUT2D eigenvalue weighted by molar-refractivity contribution is 9.10. The molecule has 0 atom stereocenters. The van der Waals surface area contributed by atoms with Crippen molar-refractivity contribution in [2.24, 2.45) is 4.99 Å². The molecule has 2 aromatic carbocycles. The lowest BCUT2D eigenvalue weighted by Crippen LogP contribution is -2.35. The van der Waals surface area contributed by atoms with Gasteiger partial charge in [0.25, 0.3) is 5.91 Å². The Morgan fingerprint density at radius 2 is 1.78 bits per heavy atom. The molecule has 0 radical (unpaired) electrons. The Labute approximate surface area is 203 Å². The van der Waals surface area contributed by atoms with Crippen molar-refractivity contribution in [3.63, 3.8) is 0 Å². The molecule has 1 fully saturated rings. The van der Waals surface area contributed by atoms with Crippen LogP contribution in [0, 0.1) is 0 Å². The summed E-state index contributed by atoms with van der Waals surface area (Å²) in [5.41, 5.74) is 1.95. The summed E-state index contributed by atoms with van der Waals surface area (Å²) in [4.78, 5) is 20.1. The van der Waals surface area contributed by atoms with E-state index in [1.807, 2.05) is 83.2 Å². The molecule has 0 bridgehead atoms. The van der Waals surface area contributed by atoms with E-state index in [0.717, 1.165) is 20.8 Å². The highest BCUT2D eigenvalue weighted by Gasteiger charge is 2.35. The second kappa shape index (κ2) is 11.1. The van der Waals surface area contributed by atoms with E-state index in [1.165, 1.54) is 11.8 Å². The van der Waals surface area contributed by atoms with Crippen molar-refractivity contribution in [2.45, 2.75) is 53.3 Å². The van der Waals surface area contributed by atoms with Gasteiger partial charge in [-0.1, -0.05) is 34.1 Å². The van der Waals surface area contributed by atoms with E-state index in [9.17, 15) is 4.79 Å². The summed E-state index contributed by atoms with van der Waals surface area (Å²) in [6.07, 6.45) is 1.90. The average Bonchev–Trinajstić information content (AvgIpc) is 3.03. The van der Waals surface area contributed by atoms with Gasteiger partial charge < -0.3 is 9.47 Å². The monoisotopic (exact) mass is 516 g/mol. The first-order chi connectivity index (χ1) is 15.3. The predicted octanol–water partition coefficient (Wildman–Crippen LogP) is 6.52. The molecule has 0 saturated carbocycles. The lowest BCUT2D eigenvalue weighted by molar-refractivity contribution is -0.123. The zero-order valence-electron chi connectivity index (χ0n) is 19.1. The summed E-state index contributed by atoms with van der Waals surface area (Å²) < 4.78 is 12.9. The Kier molecular flexibility index (Phi) is 8.43. The average molecular weight is 517 g/mol. The standard InChI is InChI=1S/C25H29BrN2O3S/c1-6-30-22-13-19(9-12-21(22)31-15-18-7-10-20(26)11-8-18)14-23-24(29)28(17(4)5)25(32-23)27-16(2)3/h7-14,16-17H,6,15H2,1-5H3/b23-14+,27-25?. The fourth-order valence-electron chi connectivity index (χ4n) is 3.15. The van der Waals surface area contributed by atoms with Crippen molar-refractivity contribution in [3.8, 4) is 11.5 Å². The van der Waals surface area contributed by atoms with Crippen molar-refractivity contribution in [1.29, 1.82) is 0 Å². The third kappa shape index (κ3) is 6.17. The van der Waals surface area contributed by atoms with Crippen LogP contribution in [0.4, 0.5) is 0 Å². The summed E-state index contributed by atoms with van der Waals surface area (Å²) in [6.45, 7) is 10.9. The molecule has 5 nitrogen and oxygen atoms in total. The van der Waals surface area contributed by atoms with Crippen LogP contribution in [-0.2, 0) is 11.4 Å². The number of carbonyl (C=O) groups excluding carboxylic acids is 1. The van der Waals surface area contributed by atoms with Crippen LogP contribution < -0.4 is 9.47 Å². The summed E-state index contributed by atoms with van der Waals surface area (Å²) in [7, 11) is 0. The number of ether oxygens (including phenoxy) is 2. The van der Waals surface area contributed by atoms with Gasteiger partial charge in [-0.3, -0.25) is 14.7 Å². The normalized spacial score (nSPS) is 16.6. The van der Waals surface area contributed by atoms with Gasteiger partial charge in [-0.05, 0) is 87.8 Å². The Morgan fingerprint density at radius 3 is 2.41 bits per heavy atom. The number of amidine groups is 1. The molecule has 1 aliphatic heterocycles. The Hall–Kier alpha value is -2.25. The number of carbonyl (C=O) groups is 1. The molecule has 32 heavy (non-hydrogen) atoms. The first-order valence-electron chi connectivity index (χ1n) is 10.7. The van der Waals surface area contributed by atoms with E-state index in [2.05, 4.69) is 20.9 Å². The molecule has 3 rings (SSSR count). The molecule has 7 heteroatoms. The number of thioether (sulfide) groups is 1. The van der Waals surface area contributed by atoms with Crippen LogP contribution in [0.2, 0.25) is 0 Å². The van der Waals surface area contributed by atoms with Crippen molar-refractivity contribution < 1.29 is 14.3 Å². The molecule has 0 spiro atoms. The number of hydrogen-bond donors (Lipinski definition) is 0. The number of amides is 1. The van der Waals surface area contributed by atoms with E-state index in [4.69, 9.17) is 9.47 Å². The van der Waals surface area contributed by atoms with Gasteiger partial charge in [-0.2, -0.15) is 0 Å². The maximum absolute atomic E-state index is 13.0. The Balaban J connectivity index is 1.83. The molecule has 1 aliphatic rings. The maximum atomic E-state index is 13.0. The summed E-state index contributed by atoms with van der Waals surface area (Å²) in [5, 5.41) is 0.755. The van der Waals surface area contributed by atoms with Gasteiger partial charge in [-0.15, -0.1) is 0 Å². The van der Waals surface area contributed by atoms with Gasteiger partial charge in [0.15, 0.2) is 16.7 Å². The first kappa shape index (κ1) is 24.4. The zero-order chi connectivity index (χ0) is 23.3. The topological polar surface area (TPSA) is 51.1 Å². The van der Waals surface area contributed by atoms with Gasteiger partial charge >= 0.3 is 0 Å². The highest BCUT2D eigenvalue weighted by atomic mass is 79.9. The molecule has 1 amide bonds. The number of rotatable bonds is 8. The lowest BCUT2D eigenvalue weighted by atomic mass is 10.1. The molecule has 0 unspecified atom stereocenters. The molecular weight excluding hydrogens is 488 g/mol.